The number of benzene rings is 2. The molecule has 0 fully saturated rings. The molecule has 4 heteroatoms. The Morgan fingerprint density at radius 2 is 1.82 bits per heavy atom. The van der Waals surface area contributed by atoms with E-state index in [0.29, 0.717) is 10.8 Å². The van der Waals surface area contributed by atoms with Crippen molar-refractivity contribution < 1.29 is 9.53 Å². The van der Waals surface area contributed by atoms with Crippen LogP contribution in [0.15, 0.2) is 48.5 Å². The van der Waals surface area contributed by atoms with Gasteiger partial charge < -0.3 is 10.1 Å². The number of nitrogens with one attached hydrogen (secondary N) is 1. The van der Waals surface area contributed by atoms with E-state index < -0.39 is 6.10 Å². The van der Waals surface area contributed by atoms with Gasteiger partial charge in [-0.15, -0.1) is 0 Å². The van der Waals surface area contributed by atoms with Gasteiger partial charge in [0.2, 0.25) is 0 Å². The number of hydrogen-bond acceptors (Lipinski definition) is 2. The van der Waals surface area contributed by atoms with Crippen molar-refractivity contribution in [2.75, 3.05) is 0 Å². The lowest BCUT2D eigenvalue weighted by molar-refractivity contribution is -0.127. The second-order valence-electron chi connectivity index (χ2n) is 5.36. The molecule has 0 heterocycles. The van der Waals surface area contributed by atoms with E-state index >= 15 is 0 Å². The molecule has 2 aromatic rings. The van der Waals surface area contributed by atoms with Gasteiger partial charge in [0.15, 0.2) is 6.10 Å². The number of carbonyl (C=O) groups excluding carboxylic acids is 1. The van der Waals surface area contributed by atoms with Gasteiger partial charge in [-0.1, -0.05) is 47.5 Å². The van der Waals surface area contributed by atoms with E-state index in [0.717, 1.165) is 5.56 Å². The van der Waals surface area contributed by atoms with Gasteiger partial charge >= 0.3 is 0 Å². The van der Waals surface area contributed by atoms with Crippen molar-refractivity contribution in [3.05, 3.63) is 64.7 Å². The molecule has 22 heavy (non-hydrogen) atoms. The number of aryl methyl sites for hydroxylation is 1. The Kier molecular flexibility index (Phi) is 5.45. The summed E-state index contributed by atoms with van der Waals surface area (Å²) >= 11 is 5.90. The van der Waals surface area contributed by atoms with Crippen LogP contribution >= 0.6 is 11.6 Å². The lowest BCUT2D eigenvalue weighted by Gasteiger charge is -2.19. The molecule has 0 radical (unpaired) electrons. The Morgan fingerprint density at radius 3 is 2.45 bits per heavy atom. The molecule has 1 N–H and O–H groups in total. The topological polar surface area (TPSA) is 38.3 Å². The van der Waals surface area contributed by atoms with E-state index in [2.05, 4.69) is 5.32 Å². The Bertz CT molecular complexity index is 640. The number of amides is 1. The third-order valence-corrected chi connectivity index (χ3v) is 3.65. The van der Waals surface area contributed by atoms with Crippen LogP contribution in [0.5, 0.6) is 5.75 Å². The summed E-state index contributed by atoms with van der Waals surface area (Å²) in [6, 6.07) is 15.0. The molecular formula is C18H20ClNO2. The molecule has 116 valence electrons. The summed E-state index contributed by atoms with van der Waals surface area (Å²) in [5, 5.41) is 3.53. The molecule has 0 saturated heterocycles. The highest BCUT2D eigenvalue weighted by Crippen LogP contribution is 2.19. The number of rotatable bonds is 5. The first-order valence-electron chi connectivity index (χ1n) is 7.25. The fraction of sp³-hybridized carbons (Fsp3) is 0.278. The fourth-order valence-electron chi connectivity index (χ4n) is 2.07. The standard InChI is InChI=1S/C18H20ClNO2/c1-12-7-9-15(10-8-12)13(2)20-18(21)14(3)22-17-6-4-5-16(19)11-17/h4-11,13-14H,1-3H3,(H,20,21)/t13-,14+/m0/s1. The summed E-state index contributed by atoms with van der Waals surface area (Å²) in [5.74, 6) is 0.422. The van der Waals surface area contributed by atoms with Crippen LogP contribution in [0.4, 0.5) is 0 Å². The molecule has 0 aliphatic rings. The minimum absolute atomic E-state index is 0.0708. The van der Waals surface area contributed by atoms with Crippen LogP contribution in [-0.2, 0) is 4.79 Å². The molecule has 0 aliphatic heterocycles. The predicted octanol–water partition coefficient (Wildman–Crippen LogP) is 4.29. The molecule has 2 atom stereocenters. The van der Waals surface area contributed by atoms with E-state index in [4.69, 9.17) is 16.3 Å². The summed E-state index contributed by atoms with van der Waals surface area (Å²) in [7, 11) is 0. The van der Waals surface area contributed by atoms with E-state index in [1.807, 2.05) is 38.1 Å². The minimum Gasteiger partial charge on any atom is -0.481 e. The maximum atomic E-state index is 12.2. The van der Waals surface area contributed by atoms with Gasteiger partial charge in [-0.05, 0) is 44.5 Å². The van der Waals surface area contributed by atoms with Gasteiger partial charge in [-0.2, -0.15) is 0 Å². The van der Waals surface area contributed by atoms with Crippen molar-refractivity contribution in [1.29, 1.82) is 0 Å². The molecule has 2 rings (SSSR count). The first kappa shape index (κ1) is 16.4. The van der Waals surface area contributed by atoms with Crippen molar-refractivity contribution in [2.24, 2.45) is 0 Å². The third kappa shape index (κ3) is 4.50. The van der Waals surface area contributed by atoms with Crippen LogP contribution in [0.25, 0.3) is 0 Å². The number of hydrogen-bond donors (Lipinski definition) is 1. The molecule has 0 saturated carbocycles. The number of halogens is 1. The molecule has 0 spiro atoms. The zero-order valence-corrected chi connectivity index (χ0v) is 13.7. The molecule has 2 aromatic carbocycles. The van der Waals surface area contributed by atoms with Crippen LogP contribution in [0.3, 0.4) is 0 Å². The normalized spacial score (nSPS) is 13.3. The second-order valence-corrected chi connectivity index (χ2v) is 5.79. The summed E-state index contributed by atoms with van der Waals surface area (Å²) in [4.78, 5) is 12.2. The quantitative estimate of drug-likeness (QED) is 0.893. The highest BCUT2D eigenvalue weighted by molar-refractivity contribution is 6.30. The zero-order chi connectivity index (χ0) is 16.1. The molecule has 0 unspecified atom stereocenters. The summed E-state index contributed by atoms with van der Waals surface area (Å²) < 4.78 is 5.62. The summed E-state index contributed by atoms with van der Waals surface area (Å²) in [5.41, 5.74) is 2.26. The largest absolute Gasteiger partial charge is 0.481 e. The van der Waals surface area contributed by atoms with Gasteiger partial charge in [-0.25, -0.2) is 0 Å². The molecule has 0 aromatic heterocycles. The first-order chi connectivity index (χ1) is 10.5. The fourth-order valence-corrected chi connectivity index (χ4v) is 2.25. The van der Waals surface area contributed by atoms with Crippen LogP contribution in [0.2, 0.25) is 5.02 Å². The zero-order valence-electron chi connectivity index (χ0n) is 13.0. The van der Waals surface area contributed by atoms with Crippen molar-refractivity contribution >= 4 is 17.5 Å². The van der Waals surface area contributed by atoms with Gasteiger partial charge in [0.25, 0.3) is 5.91 Å². The van der Waals surface area contributed by atoms with Crippen molar-refractivity contribution in [1.82, 2.24) is 5.32 Å². The predicted molar refractivity (Wildman–Crippen MR) is 89.3 cm³/mol. The average Bonchev–Trinajstić information content (AvgIpc) is 2.47. The van der Waals surface area contributed by atoms with Crippen molar-refractivity contribution in [2.45, 2.75) is 32.9 Å². The molecule has 0 aliphatic carbocycles. The lowest BCUT2D eigenvalue weighted by Crippen LogP contribution is -2.37. The van der Waals surface area contributed by atoms with E-state index in [1.54, 1.807) is 31.2 Å². The van der Waals surface area contributed by atoms with Crippen molar-refractivity contribution in [3.8, 4) is 5.75 Å². The molecular weight excluding hydrogens is 298 g/mol. The van der Waals surface area contributed by atoms with Crippen LogP contribution < -0.4 is 10.1 Å². The van der Waals surface area contributed by atoms with Gasteiger partial charge in [0.1, 0.15) is 5.75 Å². The summed E-state index contributed by atoms with van der Waals surface area (Å²) in [6.07, 6.45) is -0.591. The maximum absolute atomic E-state index is 12.2. The highest BCUT2D eigenvalue weighted by atomic mass is 35.5. The molecule has 1 amide bonds. The maximum Gasteiger partial charge on any atom is 0.261 e. The average molecular weight is 318 g/mol. The Labute approximate surface area is 136 Å². The van der Waals surface area contributed by atoms with Gasteiger partial charge in [0, 0.05) is 5.02 Å². The lowest BCUT2D eigenvalue weighted by atomic mass is 10.1. The Balaban J connectivity index is 1.94. The number of ether oxygens (including phenoxy) is 1. The Hall–Kier alpha value is -2.00. The van der Waals surface area contributed by atoms with Crippen molar-refractivity contribution in [3.63, 3.8) is 0 Å². The van der Waals surface area contributed by atoms with Gasteiger partial charge in [0.05, 0.1) is 6.04 Å². The van der Waals surface area contributed by atoms with Crippen LogP contribution in [0.1, 0.15) is 31.0 Å². The first-order valence-corrected chi connectivity index (χ1v) is 7.62. The SMILES string of the molecule is Cc1ccc([C@H](C)NC(=O)[C@@H](C)Oc2cccc(Cl)c2)cc1. The smallest absolute Gasteiger partial charge is 0.261 e. The van der Waals surface area contributed by atoms with Gasteiger partial charge in [-0.3, -0.25) is 4.79 Å². The minimum atomic E-state index is -0.591. The van der Waals surface area contributed by atoms with Crippen LogP contribution in [-0.4, -0.2) is 12.0 Å². The highest BCUT2D eigenvalue weighted by Gasteiger charge is 2.17. The molecule has 3 nitrogen and oxygen atoms in total. The Morgan fingerprint density at radius 1 is 1.14 bits per heavy atom. The van der Waals surface area contributed by atoms with E-state index in [-0.39, 0.29) is 11.9 Å². The van der Waals surface area contributed by atoms with E-state index in [1.165, 1.54) is 5.56 Å². The van der Waals surface area contributed by atoms with Crippen LogP contribution in [0, 0.1) is 6.92 Å². The molecule has 0 bridgehead atoms. The number of carbonyl (C=O) groups is 1. The third-order valence-electron chi connectivity index (χ3n) is 3.41. The monoisotopic (exact) mass is 317 g/mol. The second kappa shape index (κ2) is 7.32. The van der Waals surface area contributed by atoms with E-state index in [9.17, 15) is 4.79 Å². The summed E-state index contributed by atoms with van der Waals surface area (Å²) in [6.45, 7) is 5.71.